The van der Waals surface area contributed by atoms with Gasteiger partial charge in [-0.05, 0) is 29.8 Å². The quantitative estimate of drug-likeness (QED) is 0.649. The van der Waals surface area contributed by atoms with Gasteiger partial charge in [0, 0.05) is 25.9 Å². The van der Waals surface area contributed by atoms with Crippen molar-refractivity contribution < 1.29 is 19.1 Å². The van der Waals surface area contributed by atoms with Crippen molar-refractivity contribution in [3.05, 3.63) is 60.4 Å². The Hall–Kier alpha value is -3.81. The Bertz CT molecular complexity index is 1040. The minimum absolute atomic E-state index is 0.116. The standard InChI is InChI=1S/C22H24N4O4/c1-25(2)20(27)13-23-22(28)21-17(14-26(24-21)16-8-6-5-7-9-16)15-10-11-18(29-3)19(12-15)30-4/h5-12,14H,13H2,1-4H3,(H,23,28). The SMILES string of the molecule is COc1ccc(-c2cn(-c3ccccc3)nc2C(=O)NCC(=O)N(C)C)cc1OC. The summed E-state index contributed by atoms with van der Waals surface area (Å²) in [7, 11) is 6.38. The van der Waals surface area contributed by atoms with Crippen molar-refractivity contribution in [2.45, 2.75) is 0 Å². The predicted molar refractivity (Wildman–Crippen MR) is 113 cm³/mol. The van der Waals surface area contributed by atoms with Crippen LogP contribution in [0.4, 0.5) is 0 Å². The number of rotatable bonds is 7. The number of likely N-dealkylation sites (N-methyl/N-ethyl adjacent to an activating group) is 1. The first-order valence-corrected chi connectivity index (χ1v) is 9.30. The summed E-state index contributed by atoms with van der Waals surface area (Å²) in [6.07, 6.45) is 1.78. The van der Waals surface area contributed by atoms with Crippen molar-refractivity contribution in [1.82, 2.24) is 20.0 Å². The molecule has 0 radical (unpaired) electrons. The number of aromatic nitrogens is 2. The molecule has 0 atom stereocenters. The molecular formula is C22H24N4O4. The highest BCUT2D eigenvalue weighted by molar-refractivity contribution is 6.00. The van der Waals surface area contributed by atoms with E-state index in [9.17, 15) is 9.59 Å². The van der Waals surface area contributed by atoms with Gasteiger partial charge in [0.1, 0.15) is 0 Å². The topological polar surface area (TPSA) is 85.7 Å². The summed E-state index contributed by atoms with van der Waals surface area (Å²) < 4.78 is 12.3. The predicted octanol–water partition coefficient (Wildman–Crippen LogP) is 2.37. The maximum absolute atomic E-state index is 12.9. The molecular weight excluding hydrogens is 384 g/mol. The molecule has 2 amide bonds. The van der Waals surface area contributed by atoms with Gasteiger partial charge >= 0.3 is 0 Å². The second kappa shape index (κ2) is 9.13. The van der Waals surface area contributed by atoms with Crippen LogP contribution in [0.5, 0.6) is 11.5 Å². The highest BCUT2D eigenvalue weighted by Gasteiger charge is 2.21. The lowest BCUT2D eigenvalue weighted by atomic mass is 10.1. The van der Waals surface area contributed by atoms with Crippen LogP contribution in [-0.2, 0) is 4.79 Å². The molecule has 0 unspecified atom stereocenters. The van der Waals surface area contributed by atoms with Gasteiger partial charge in [0.2, 0.25) is 5.91 Å². The minimum atomic E-state index is -0.440. The third-order valence-corrected chi connectivity index (χ3v) is 4.54. The third-order valence-electron chi connectivity index (χ3n) is 4.54. The number of nitrogens with zero attached hydrogens (tertiary/aromatic N) is 3. The molecule has 0 saturated heterocycles. The number of ether oxygens (including phenoxy) is 2. The van der Waals surface area contributed by atoms with Crippen molar-refractivity contribution in [3.63, 3.8) is 0 Å². The fourth-order valence-electron chi connectivity index (χ4n) is 2.87. The lowest BCUT2D eigenvalue weighted by Gasteiger charge is -2.11. The fraction of sp³-hybridized carbons (Fsp3) is 0.227. The van der Waals surface area contributed by atoms with Crippen LogP contribution in [0.2, 0.25) is 0 Å². The highest BCUT2D eigenvalue weighted by Crippen LogP contribution is 2.34. The van der Waals surface area contributed by atoms with Crippen LogP contribution in [0.3, 0.4) is 0 Å². The van der Waals surface area contributed by atoms with Crippen molar-refractivity contribution in [2.75, 3.05) is 34.9 Å². The minimum Gasteiger partial charge on any atom is -0.493 e. The van der Waals surface area contributed by atoms with Crippen molar-refractivity contribution in [3.8, 4) is 28.3 Å². The van der Waals surface area contributed by atoms with E-state index in [1.165, 1.54) is 4.90 Å². The largest absolute Gasteiger partial charge is 0.493 e. The van der Waals surface area contributed by atoms with Gasteiger partial charge in [-0.25, -0.2) is 4.68 Å². The zero-order valence-electron chi connectivity index (χ0n) is 17.4. The van der Waals surface area contributed by atoms with E-state index in [1.807, 2.05) is 36.4 Å². The van der Waals surface area contributed by atoms with E-state index in [2.05, 4.69) is 10.4 Å². The summed E-state index contributed by atoms with van der Waals surface area (Å²) >= 11 is 0. The summed E-state index contributed by atoms with van der Waals surface area (Å²) in [6.45, 7) is -0.116. The molecule has 8 heteroatoms. The number of methoxy groups -OCH3 is 2. The van der Waals surface area contributed by atoms with E-state index >= 15 is 0 Å². The van der Waals surface area contributed by atoms with Gasteiger partial charge in [0.05, 0.1) is 26.5 Å². The average Bonchev–Trinajstić information content (AvgIpc) is 3.22. The number of carbonyl (C=O) groups is 2. The van der Waals surface area contributed by atoms with Gasteiger partial charge in [-0.1, -0.05) is 24.3 Å². The zero-order chi connectivity index (χ0) is 21.7. The van der Waals surface area contributed by atoms with Gasteiger partial charge in [-0.2, -0.15) is 5.10 Å². The van der Waals surface area contributed by atoms with Crippen LogP contribution in [0, 0.1) is 0 Å². The molecule has 0 spiro atoms. The second-order valence-corrected chi connectivity index (χ2v) is 6.71. The molecule has 3 rings (SSSR count). The van der Waals surface area contributed by atoms with Crippen LogP contribution in [0.25, 0.3) is 16.8 Å². The summed E-state index contributed by atoms with van der Waals surface area (Å²) in [5.41, 5.74) is 2.36. The maximum Gasteiger partial charge on any atom is 0.272 e. The Morgan fingerprint density at radius 1 is 1.03 bits per heavy atom. The molecule has 0 aliphatic rings. The Morgan fingerprint density at radius 3 is 2.37 bits per heavy atom. The van der Waals surface area contributed by atoms with E-state index in [1.54, 1.807) is 51.3 Å². The molecule has 8 nitrogen and oxygen atoms in total. The summed E-state index contributed by atoms with van der Waals surface area (Å²) in [4.78, 5) is 26.2. The summed E-state index contributed by atoms with van der Waals surface area (Å²) in [5, 5.41) is 7.13. The number of benzene rings is 2. The van der Waals surface area contributed by atoms with Crippen molar-refractivity contribution in [2.24, 2.45) is 0 Å². The zero-order valence-corrected chi connectivity index (χ0v) is 17.4. The average molecular weight is 408 g/mol. The monoisotopic (exact) mass is 408 g/mol. The number of hydrogen-bond donors (Lipinski definition) is 1. The molecule has 0 fully saturated rings. The van der Waals surface area contributed by atoms with Crippen LogP contribution < -0.4 is 14.8 Å². The van der Waals surface area contributed by atoms with Crippen molar-refractivity contribution in [1.29, 1.82) is 0 Å². The van der Waals surface area contributed by atoms with Gasteiger partial charge in [-0.3, -0.25) is 9.59 Å². The van der Waals surface area contributed by atoms with E-state index in [-0.39, 0.29) is 18.1 Å². The Kier molecular flexibility index (Phi) is 6.36. The smallest absolute Gasteiger partial charge is 0.272 e. The van der Waals surface area contributed by atoms with Gasteiger partial charge in [-0.15, -0.1) is 0 Å². The first kappa shape index (κ1) is 20.9. The molecule has 0 aliphatic heterocycles. The molecule has 30 heavy (non-hydrogen) atoms. The fourth-order valence-corrected chi connectivity index (χ4v) is 2.87. The van der Waals surface area contributed by atoms with Crippen LogP contribution in [-0.4, -0.2) is 61.4 Å². The van der Waals surface area contributed by atoms with E-state index in [0.717, 1.165) is 11.3 Å². The van der Waals surface area contributed by atoms with Crippen LogP contribution in [0.1, 0.15) is 10.5 Å². The third kappa shape index (κ3) is 4.43. The van der Waals surface area contributed by atoms with Gasteiger partial charge in [0.15, 0.2) is 17.2 Å². The first-order valence-electron chi connectivity index (χ1n) is 9.30. The lowest BCUT2D eigenvalue weighted by molar-refractivity contribution is -0.127. The van der Waals surface area contributed by atoms with E-state index in [4.69, 9.17) is 9.47 Å². The van der Waals surface area contributed by atoms with Crippen LogP contribution >= 0.6 is 0 Å². The molecule has 2 aromatic carbocycles. The lowest BCUT2D eigenvalue weighted by Crippen LogP contribution is -2.36. The molecule has 0 saturated carbocycles. The molecule has 156 valence electrons. The normalized spacial score (nSPS) is 10.4. The molecule has 1 heterocycles. The number of para-hydroxylation sites is 1. The first-order chi connectivity index (χ1) is 14.4. The molecule has 0 aliphatic carbocycles. The second-order valence-electron chi connectivity index (χ2n) is 6.71. The molecule has 1 aromatic heterocycles. The molecule has 0 bridgehead atoms. The summed E-state index contributed by atoms with van der Waals surface area (Å²) in [6, 6.07) is 14.9. The number of hydrogen-bond acceptors (Lipinski definition) is 5. The number of carbonyl (C=O) groups excluding carboxylic acids is 2. The highest BCUT2D eigenvalue weighted by atomic mass is 16.5. The molecule has 1 N–H and O–H groups in total. The Morgan fingerprint density at radius 2 is 1.73 bits per heavy atom. The summed E-state index contributed by atoms with van der Waals surface area (Å²) in [5.74, 6) is 0.471. The van der Waals surface area contributed by atoms with Crippen molar-refractivity contribution >= 4 is 11.8 Å². The van der Waals surface area contributed by atoms with Gasteiger partial charge in [0.25, 0.3) is 5.91 Å². The van der Waals surface area contributed by atoms with Gasteiger partial charge < -0.3 is 19.7 Å². The number of nitrogens with one attached hydrogen (secondary N) is 1. The van der Waals surface area contributed by atoms with E-state index < -0.39 is 5.91 Å². The number of amides is 2. The Labute approximate surface area is 175 Å². The maximum atomic E-state index is 12.9. The molecule has 3 aromatic rings. The van der Waals surface area contributed by atoms with Crippen LogP contribution in [0.15, 0.2) is 54.7 Å². The Balaban J connectivity index is 2.03. The van der Waals surface area contributed by atoms with E-state index in [0.29, 0.717) is 17.1 Å².